The van der Waals surface area contributed by atoms with Crippen LogP contribution in [0.5, 0.6) is 28.9 Å². The predicted octanol–water partition coefficient (Wildman–Crippen LogP) is 6.22. The summed E-state index contributed by atoms with van der Waals surface area (Å²) in [5.41, 5.74) is 1.18. The van der Waals surface area contributed by atoms with Gasteiger partial charge in [0.25, 0.3) is 0 Å². The zero-order valence-corrected chi connectivity index (χ0v) is 24.3. The summed E-state index contributed by atoms with van der Waals surface area (Å²) in [5, 5.41) is 5.67. The van der Waals surface area contributed by atoms with E-state index >= 15 is 4.39 Å². The van der Waals surface area contributed by atoms with E-state index in [-0.39, 0.29) is 23.1 Å². The Morgan fingerprint density at radius 3 is 2.57 bits per heavy atom. The molecule has 10 nitrogen and oxygen atoms in total. The molecule has 2 N–H and O–H groups in total. The van der Waals surface area contributed by atoms with E-state index in [1.807, 2.05) is 0 Å². The molecule has 6 rings (SSSR count). The minimum atomic E-state index is -0.711. The molecule has 4 aromatic rings. The van der Waals surface area contributed by atoms with Gasteiger partial charge in [-0.2, -0.15) is 0 Å². The maximum Gasteiger partial charge on any atom is 0.319 e. The van der Waals surface area contributed by atoms with Crippen LogP contribution in [0.15, 0.2) is 54.9 Å². The number of aromatic nitrogens is 2. The van der Waals surface area contributed by atoms with E-state index in [2.05, 4.69) is 25.5 Å². The van der Waals surface area contributed by atoms with E-state index in [0.29, 0.717) is 53.5 Å². The maximum absolute atomic E-state index is 15.0. The molecule has 3 heterocycles. The molecule has 0 bridgehead atoms. The zero-order chi connectivity index (χ0) is 30.5. The molecule has 1 atom stereocenters. The number of carbonyl (C=O) groups is 1. The van der Waals surface area contributed by atoms with E-state index in [4.69, 9.17) is 18.9 Å². The lowest BCUT2D eigenvalue weighted by molar-refractivity contribution is 0.162. The van der Waals surface area contributed by atoms with Crippen molar-refractivity contribution in [3.63, 3.8) is 0 Å². The standard InChI is InChI=1S/C32H33F2N5O5/c1-20(21-5-7-22(33)8-6-21)37-32(40)38-25-10-9-23(17-24(25)34)44-31-28-26(35-19-36-31)18-27(29-30(28)43-16-15-42-29)41-14-4-13-39-11-2-3-12-39/h5-10,17-20H,2-4,11-16H2,1H3,(H2,37,38,40)/t20-/m1/s1. The quantitative estimate of drug-likeness (QED) is 0.205. The van der Waals surface area contributed by atoms with E-state index in [9.17, 15) is 9.18 Å². The van der Waals surface area contributed by atoms with Crippen LogP contribution in [0, 0.1) is 11.6 Å². The first kappa shape index (κ1) is 29.4. The van der Waals surface area contributed by atoms with Crippen molar-refractivity contribution in [2.24, 2.45) is 0 Å². The predicted molar refractivity (Wildman–Crippen MR) is 160 cm³/mol. The summed E-state index contributed by atoms with van der Waals surface area (Å²) in [6, 6.07) is 10.5. The molecule has 2 amide bonds. The van der Waals surface area contributed by atoms with Crippen LogP contribution in [0.3, 0.4) is 0 Å². The molecule has 0 radical (unpaired) electrons. The molecule has 1 aromatic heterocycles. The van der Waals surface area contributed by atoms with Crippen LogP contribution in [0.1, 0.15) is 37.8 Å². The number of hydrogen-bond donors (Lipinski definition) is 2. The van der Waals surface area contributed by atoms with E-state index < -0.39 is 17.9 Å². The Labute approximate surface area is 253 Å². The van der Waals surface area contributed by atoms with Gasteiger partial charge in [0.1, 0.15) is 42.3 Å². The van der Waals surface area contributed by atoms with Gasteiger partial charge in [-0.3, -0.25) is 0 Å². The number of hydrogen-bond acceptors (Lipinski definition) is 8. The van der Waals surface area contributed by atoms with Crippen LogP contribution >= 0.6 is 0 Å². The fourth-order valence-electron chi connectivity index (χ4n) is 5.31. The number of urea groups is 1. The van der Waals surface area contributed by atoms with Gasteiger partial charge in [0.05, 0.1) is 23.9 Å². The van der Waals surface area contributed by atoms with Crippen LogP contribution in [0.2, 0.25) is 0 Å². The highest BCUT2D eigenvalue weighted by atomic mass is 19.1. The fourth-order valence-corrected chi connectivity index (χ4v) is 5.31. The number of halogens is 2. The molecular formula is C32H33F2N5O5. The van der Waals surface area contributed by atoms with Crippen LogP contribution in [0.25, 0.3) is 10.9 Å². The van der Waals surface area contributed by atoms with Crippen molar-refractivity contribution in [1.82, 2.24) is 20.2 Å². The molecule has 2 aliphatic rings. The Hall–Kier alpha value is -4.71. The summed E-state index contributed by atoms with van der Waals surface area (Å²) in [6.45, 7) is 6.21. The summed E-state index contributed by atoms with van der Waals surface area (Å²) in [5.74, 6) is 0.622. The first-order valence-corrected chi connectivity index (χ1v) is 14.7. The van der Waals surface area contributed by atoms with Crippen molar-refractivity contribution in [2.45, 2.75) is 32.2 Å². The van der Waals surface area contributed by atoms with Gasteiger partial charge in [0.2, 0.25) is 11.6 Å². The van der Waals surface area contributed by atoms with Crippen molar-refractivity contribution < 1.29 is 32.5 Å². The van der Waals surface area contributed by atoms with Crippen molar-refractivity contribution >= 4 is 22.6 Å². The molecule has 0 unspecified atom stereocenters. The lowest BCUT2D eigenvalue weighted by Gasteiger charge is -2.23. The van der Waals surface area contributed by atoms with Gasteiger partial charge < -0.3 is 34.5 Å². The van der Waals surface area contributed by atoms with Gasteiger partial charge in [-0.1, -0.05) is 12.1 Å². The smallest absolute Gasteiger partial charge is 0.319 e. The van der Waals surface area contributed by atoms with Crippen molar-refractivity contribution in [3.05, 3.63) is 72.1 Å². The fraction of sp³-hybridized carbons (Fsp3) is 0.344. The summed E-state index contributed by atoms with van der Waals surface area (Å²) in [7, 11) is 0. The lowest BCUT2D eigenvalue weighted by atomic mass is 10.1. The maximum atomic E-state index is 15.0. The number of nitrogens with zero attached hydrogens (tertiary/aromatic N) is 3. The number of anilines is 1. The molecule has 0 saturated carbocycles. The Kier molecular flexibility index (Phi) is 8.87. The molecule has 1 fully saturated rings. The highest BCUT2D eigenvalue weighted by Crippen LogP contribution is 2.48. The number of likely N-dealkylation sites (tertiary alicyclic amines) is 1. The molecular weight excluding hydrogens is 572 g/mol. The number of ether oxygens (including phenoxy) is 4. The van der Waals surface area contributed by atoms with Crippen LogP contribution in [-0.4, -0.2) is 60.4 Å². The van der Waals surface area contributed by atoms with Gasteiger partial charge in [0.15, 0.2) is 11.5 Å². The van der Waals surface area contributed by atoms with E-state index in [1.165, 1.54) is 43.4 Å². The third-order valence-electron chi connectivity index (χ3n) is 7.54. The van der Waals surface area contributed by atoms with Gasteiger partial charge in [0, 0.05) is 18.7 Å². The topological polar surface area (TPSA) is 107 Å². The number of benzene rings is 3. The van der Waals surface area contributed by atoms with Crippen molar-refractivity contribution in [1.29, 1.82) is 0 Å². The first-order valence-electron chi connectivity index (χ1n) is 14.7. The van der Waals surface area contributed by atoms with Gasteiger partial charge in [-0.15, -0.1) is 0 Å². The Morgan fingerprint density at radius 2 is 1.80 bits per heavy atom. The number of nitrogens with one attached hydrogen (secondary N) is 2. The molecule has 2 aliphatic heterocycles. The SMILES string of the molecule is C[C@@H](NC(=O)Nc1ccc(Oc2ncnc3cc(OCCCN4CCCC4)c4c(c23)OCCO4)cc1F)c1ccc(F)cc1. The first-order chi connectivity index (χ1) is 21.4. The van der Waals surface area contributed by atoms with Crippen molar-refractivity contribution in [3.8, 4) is 28.9 Å². The summed E-state index contributed by atoms with van der Waals surface area (Å²) in [6.07, 6.45) is 4.73. The summed E-state index contributed by atoms with van der Waals surface area (Å²) >= 11 is 0. The second kappa shape index (κ2) is 13.3. The molecule has 3 aromatic carbocycles. The van der Waals surface area contributed by atoms with E-state index in [1.54, 1.807) is 25.1 Å². The summed E-state index contributed by atoms with van der Waals surface area (Å²) in [4.78, 5) is 23.6. The zero-order valence-electron chi connectivity index (χ0n) is 24.3. The monoisotopic (exact) mass is 605 g/mol. The number of fused-ring (bicyclic) bond motifs is 3. The van der Waals surface area contributed by atoms with Crippen molar-refractivity contribution in [2.75, 3.05) is 44.8 Å². The molecule has 12 heteroatoms. The average molecular weight is 606 g/mol. The van der Waals surface area contributed by atoms with Gasteiger partial charge >= 0.3 is 6.03 Å². The van der Waals surface area contributed by atoms with Gasteiger partial charge in [-0.25, -0.2) is 23.5 Å². The second-order valence-corrected chi connectivity index (χ2v) is 10.7. The number of rotatable bonds is 10. The molecule has 44 heavy (non-hydrogen) atoms. The molecule has 0 aliphatic carbocycles. The Morgan fingerprint density at radius 1 is 1.02 bits per heavy atom. The number of carbonyl (C=O) groups excluding carboxylic acids is 1. The molecule has 1 saturated heterocycles. The Bertz CT molecular complexity index is 1630. The third-order valence-corrected chi connectivity index (χ3v) is 7.54. The van der Waals surface area contributed by atoms with Crippen LogP contribution in [0.4, 0.5) is 19.3 Å². The Balaban J connectivity index is 1.15. The number of amides is 2. The third kappa shape index (κ3) is 6.75. The average Bonchev–Trinajstić information content (AvgIpc) is 3.54. The van der Waals surface area contributed by atoms with Gasteiger partial charge in [-0.05, 0) is 69.1 Å². The highest BCUT2D eigenvalue weighted by molar-refractivity contribution is 5.94. The normalized spacial score (nSPS) is 15.2. The van der Waals surface area contributed by atoms with Crippen LogP contribution in [-0.2, 0) is 0 Å². The minimum absolute atomic E-state index is 0.0469. The largest absolute Gasteiger partial charge is 0.489 e. The molecule has 0 spiro atoms. The highest BCUT2D eigenvalue weighted by Gasteiger charge is 2.26. The lowest BCUT2D eigenvalue weighted by Crippen LogP contribution is -2.31. The summed E-state index contributed by atoms with van der Waals surface area (Å²) < 4.78 is 52.3. The molecule has 230 valence electrons. The van der Waals surface area contributed by atoms with Crippen LogP contribution < -0.4 is 29.6 Å². The minimum Gasteiger partial charge on any atom is -0.489 e. The second-order valence-electron chi connectivity index (χ2n) is 10.7. The van der Waals surface area contributed by atoms with E-state index in [0.717, 1.165) is 32.1 Å².